The molecule has 1 amide bonds. The highest BCUT2D eigenvalue weighted by molar-refractivity contribution is 6.33. The van der Waals surface area contributed by atoms with Crippen LogP contribution in [0.25, 0.3) is 0 Å². The number of carbonyl (C=O) groups is 2. The minimum absolute atomic E-state index is 0.00720. The third kappa shape index (κ3) is 5.40. The number of nitrogens with zero attached hydrogens (tertiary/aromatic N) is 3. The van der Waals surface area contributed by atoms with E-state index in [1.807, 2.05) is 37.6 Å². The Morgan fingerprint density at radius 3 is 2.53 bits per heavy atom. The molecule has 2 aliphatic rings. The Kier molecular flexibility index (Phi) is 7.68. The molecular weight excluding hydrogens is 502 g/mol. The fourth-order valence-corrected chi connectivity index (χ4v) is 6.33. The van der Waals surface area contributed by atoms with Crippen LogP contribution in [0.3, 0.4) is 0 Å². The number of benzene rings is 2. The number of halogens is 1. The number of piperidine rings is 1. The van der Waals surface area contributed by atoms with Crippen molar-refractivity contribution >= 4 is 29.4 Å². The van der Waals surface area contributed by atoms with E-state index in [1.165, 1.54) is 5.69 Å². The number of hydrogen-bond acceptors (Lipinski definition) is 5. The molecule has 1 aliphatic heterocycles. The lowest BCUT2D eigenvalue weighted by Gasteiger charge is -2.40. The molecule has 3 aromatic rings. The van der Waals surface area contributed by atoms with E-state index in [0.717, 1.165) is 56.3 Å². The summed E-state index contributed by atoms with van der Waals surface area (Å²) in [6.07, 6.45) is 7.02. The number of quaternary nitrogens is 1. The summed E-state index contributed by atoms with van der Waals surface area (Å²) in [6, 6.07) is 16.6. The zero-order valence-corrected chi connectivity index (χ0v) is 22.3. The van der Waals surface area contributed by atoms with E-state index in [0.29, 0.717) is 23.0 Å². The van der Waals surface area contributed by atoms with Gasteiger partial charge in [0.1, 0.15) is 11.8 Å². The summed E-state index contributed by atoms with van der Waals surface area (Å²) in [6.45, 7) is 2.65. The third-order valence-corrected chi connectivity index (χ3v) is 8.60. The smallest absolute Gasteiger partial charge is 0.449 e. The molecule has 1 N–H and O–H groups in total. The van der Waals surface area contributed by atoms with Crippen LogP contribution in [0.2, 0.25) is 5.02 Å². The number of ether oxygens (including phenoxy) is 1. The Hall–Kier alpha value is -3.42. The molecule has 1 aliphatic carbocycles. The molecule has 1 saturated heterocycles. The normalized spacial score (nSPS) is 19.0. The van der Waals surface area contributed by atoms with Crippen molar-refractivity contribution in [2.45, 2.75) is 38.1 Å². The van der Waals surface area contributed by atoms with Gasteiger partial charge in [-0.25, -0.2) is 9.59 Å². The predicted molar refractivity (Wildman–Crippen MR) is 147 cm³/mol. The van der Waals surface area contributed by atoms with Crippen LogP contribution in [-0.4, -0.2) is 53.3 Å². The highest BCUT2D eigenvalue weighted by Gasteiger charge is 2.45. The van der Waals surface area contributed by atoms with E-state index in [2.05, 4.69) is 22.0 Å². The van der Waals surface area contributed by atoms with Gasteiger partial charge in [-0.1, -0.05) is 29.8 Å². The van der Waals surface area contributed by atoms with E-state index >= 15 is 0 Å². The first-order chi connectivity index (χ1) is 18.3. The van der Waals surface area contributed by atoms with Crippen molar-refractivity contribution < 1.29 is 23.9 Å². The summed E-state index contributed by atoms with van der Waals surface area (Å²) < 4.78 is 5.15. The van der Waals surface area contributed by atoms with Gasteiger partial charge < -0.3 is 14.7 Å². The Bertz CT molecular complexity index is 1310. The standard InChI is InChI=1S/C30H32ClN3O4/c1-34(29(35)25-4-2-3-5-27(25)31,28-9-7-22-6-8-24(20-26(22)28)38-30(36)37)19-14-21-12-17-33(18-13-21)23-10-15-32-16-11-23/h2-6,8,10-11,15-16,20-21,28H,7,9,12-14,17-19H2,1H3/p+1/t28-,34?/m1/s1. The summed E-state index contributed by atoms with van der Waals surface area (Å²) in [7, 11) is 2.02. The molecule has 38 heavy (non-hydrogen) atoms. The van der Waals surface area contributed by atoms with Gasteiger partial charge >= 0.3 is 12.1 Å². The minimum Gasteiger partial charge on any atom is -0.449 e. The van der Waals surface area contributed by atoms with Crippen LogP contribution >= 0.6 is 11.6 Å². The van der Waals surface area contributed by atoms with E-state index in [-0.39, 0.29) is 22.2 Å². The SMILES string of the molecule is C[N+](CCC1CCN(c2ccncc2)CC1)(C(=O)c1ccccc1Cl)[C@@H]1CCc2ccc(OC(=O)O)cc21. The molecule has 1 aromatic heterocycles. The summed E-state index contributed by atoms with van der Waals surface area (Å²) in [5.41, 5.74) is 3.85. The summed E-state index contributed by atoms with van der Waals surface area (Å²) >= 11 is 6.51. The Morgan fingerprint density at radius 2 is 1.82 bits per heavy atom. The monoisotopic (exact) mass is 534 g/mol. The highest BCUT2D eigenvalue weighted by Crippen LogP contribution is 2.43. The van der Waals surface area contributed by atoms with Crippen molar-refractivity contribution in [3.8, 4) is 5.75 Å². The van der Waals surface area contributed by atoms with Gasteiger partial charge in [0.25, 0.3) is 0 Å². The first-order valence-corrected chi connectivity index (χ1v) is 13.6. The predicted octanol–water partition coefficient (Wildman–Crippen LogP) is 6.37. The topological polar surface area (TPSA) is 79.7 Å². The molecule has 7 nitrogen and oxygen atoms in total. The average molecular weight is 535 g/mol. The molecule has 8 heteroatoms. The molecule has 0 radical (unpaired) electrons. The Labute approximate surface area is 228 Å². The zero-order chi connectivity index (χ0) is 26.7. The van der Waals surface area contributed by atoms with Gasteiger partial charge in [0.15, 0.2) is 0 Å². The van der Waals surface area contributed by atoms with Gasteiger partial charge in [-0.3, -0.25) is 9.47 Å². The second-order valence-electron chi connectivity index (χ2n) is 10.5. The number of carboxylic acid groups (broad SMARTS) is 1. The molecule has 0 spiro atoms. The van der Waals surface area contributed by atoms with Crippen LogP contribution in [0, 0.1) is 5.92 Å². The van der Waals surface area contributed by atoms with Gasteiger partial charge in [-0.15, -0.1) is 0 Å². The van der Waals surface area contributed by atoms with Crippen molar-refractivity contribution in [2.24, 2.45) is 5.92 Å². The number of carbonyl (C=O) groups excluding carboxylic acids is 1. The molecular formula is C30H33ClN3O4+. The number of anilines is 1. The molecule has 1 fully saturated rings. The molecule has 1 unspecified atom stereocenters. The van der Waals surface area contributed by atoms with Gasteiger partial charge in [-0.05, 0) is 67.1 Å². The fourth-order valence-electron chi connectivity index (χ4n) is 6.11. The molecule has 2 heterocycles. The molecule has 0 bridgehead atoms. The second-order valence-corrected chi connectivity index (χ2v) is 10.9. The van der Waals surface area contributed by atoms with Crippen LogP contribution in [-0.2, 0) is 6.42 Å². The van der Waals surface area contributed by atoms with E-state index in [4.69, 9.17) is 21.4 Å². The van der Waals surface area contributed by atoms with Crippen LogP contribution in [0.1, 0.15) is 53.2 Å². The zero-order valence-electron chi connectivity index (χ0n) is 21.6. The summed E-state index contributed by atoms with van der Waals surface area (Å²) in [5.74, 6) is 0.794. The van der Waals surface area contributed by atoms with Crippen LogP contribution in [0.4, 0.5) is 10.5 Å². The second kappa shape index (κ2) is 11.1. The first-order valence-electron chi connectivity index (χ1n) is 13.2. The maximum atomic E-state index is 14.2. The molecule has 198 valence electrons. The lowest BCUT2D eigenvalue weighted by atomic mass is 9.91. The van der Waals surface area contributed by atoms with Crippen LogP contribution in [0.5, 0.6) is 5.75 Å². The van der Waals surface area contributed by atoms with Crippen molar-refractivity contribution in [3.05, 3.63) is 88.7 Å². The first kappa shape index (κ1) is 26.2. The van der Waals surface area contributed by atoms with Gasteiger partial charge in [-0.2, -0.15) is 0 Å². The lowest BCUT2D eigenvalue weighted by Crippen LogP contribution is -2.52. The third-order valence-electron chi connectivity index (χ3n) is 8.27. The Balaban J connectivity index is 1.38. The van der Waals surface area contributed by atoms with Crippen LogP contribution < -0.4 is 9.64 Å². The molecule has 2 atom stereocenters. The number of aryl methyl sites for hydroxylation is 1. The number of fused-ring (bicyclic) bond motifs is 1. The van der Waals surface area contributed by atoms with E-state index in [9.17, 15) is 9.59 Å². The number of rotatable bonds is 7. The Morgan fingerprint density at radius 1 is 1.08 bits per heavy atom. The van der Waals surface area contributed by atoms with Gasteiger partial charge in [0, 0.05) is 49.6 Å². The highest BCUT2D eigenvalue weighted by atomic mass is 35.5. The van der Waals surface area contributed by atoms with Crippen molar-refractivity contribution in [1.82, 2.24) is 4.98 Å². The quantitative estimate of drug-likeness (QED) is 0.215. The molecule has 2 aromatic carbocycles. The average Bonchev–Trinajstić information content (AvgIpc) is 3.36. The number of aromatic nitrogens is 1. The van der Waals surface area contributed by atoms with E-state index in [1.54, 1.807) is 24.3 Å². The van der Waals surface area contributed by atoms with Gasteiger partial charge in [0.2, 0.25) is 0 Å². The molecule has 5 rings (SSSR count). The largest absolute Gasteiger partial charge is 0.511 e. The number of amides is 1. The maximum Gasteiger partial charge on any atom is 0.511 e. The van der Waals surface area contributed by atoms with Gasteiger partial charge in [0.05, 0.1) is 24.2 Å². The summed E-state index contributed by atoms with van der Waals surface area (Å²) in [5, 5.41) is 9.58. The maximum absolute atomic E-state index is 14.2. The van der Waals surface area contributed by atoms with E-state index < -0.39 is 6.16 Å². The van der Waals surface area contributed by atoms with Crippen LogP contribution in [0.15, 0.2) is 67.0 Å². The fraction of sp³-hybridized carbons (Fsp3) is 0.367. The van der Waals surface area contributed by atoms with Crippen molar-refractivity contribution in [1.29, 1.82) is 0 Å². The van der Waals surface area contributed by atoms with Crippen molar-refractivity contribution in [3.63, 3.8) is 0 Å². The van der Waals surface area contributed by atoms with Crippen molar-refractivity contribution in [2.75, 3.05) is 31.6 Å². The lowest BCUT2D eigenvalue weighted by molar-refractivity contribution is -0.861. The number of hydrogen-bond donors (Lipinski definition) is 1. The molecule has 0 saturated carbocycles. The number of pyridine rings is 1. The summed E-state index contributed by atoms with van der Waals surface area (Å²) in [4.78, 5) is 31.9. The minimum atomic E-state index is -1.35.